The van der Waals surface area contributed by atoms with Crippen LogP contribution in [0.1, 0.15) is 11.3 Å². The molecule has 0 aliphatic heterocycles. The molecule has 1 amide bonds. The maximum absolute atomic E-state index is 12.4. The molecule has 2 heterocycles. The van der Waals surface area contributed by atoms with Crippen molar-refractivity contribution in [2.45, 2.75) is 13.3 Å². The van der Waals surface area contributed by atoms with E-state index in [1.807, 2.05) is 0 Å². The number of aromatic nitrogens is 3. The second-order valence-electron chi connectivity index (χ2n) is 5.60. The van der Waals surface area contributed by atoms with Gasteiger partial charge in [-0.15, -0.1) is 0 Å². The van der Waals surface area contributed by atoms with Gasteiger partial charge in [-0.05, 0) is 19.1 Å². The van der Waals surface area contributed by atoms with E-state index in [-0.39, 0.29) is 25.1 Å². The van der Waals surface area contributed by atoms with Crippen molar-refractivity contribution < 1.29 is 19.4 Å². The van der Waals surface area contributed by atoms with Crippen LogP contribution in [0.2, 0.25) is 0 Å². The fourth-order valence-electron chi connectivity index (χ4n) is 2.38. The van der Waals surface area contributed by atoms with Crippen LogP contribution in [0.4, 0.5) is 0 Å². The number of methoxy groups -OCH3 is 1. The van der Waals surface area contributed by atoms with Crippen LogP contribution in [-0.4, -0.2) is 63.6 Å². The highest BCUT2D eigenvalue weighted by Gasteiger charge is 2.20. The lowest BCUT2D eigenvalue weighted by Crippen LogP contribution is -2.40. The predicted octanol–water partition coefficient (Wildman–Crippen LogP) is 0.242. The van der Waals surface area contributed by atoms with Gasteiger partial charge in [0.25, 0.3) is 5.56 Å². The Morgan fingerprint density at radius 1 is 1.38 bits per heavy atom. The second kappa shape index (κ2) is 8.86. The van der Waals surface area contributed by atoms with Gasteiger partial charge in [-0.25, -0.2) is 4.98 Å². The number of carboxylic acid groups (broad SMARTS) is 1. The van der Waals surface area contributed by atoms with Gasteiger partial charge in [0, 0.05) is 42.9 Å². The smallest absolute Gasteiger partial charge is 0.323 e. The lowest BCUT2D eigenvalue weighted by Gasteiger charge is -2.20. The number of nitrogens with one attached hydrogen (secondary N) is 1. The van der Waals surface area contributed by atoms with Crippen molar-refractivity contribution in [3.63, 3.8) is 0 Å². The molecule has 0 spiro atoms. The molecule has 138 valence electrons. The van der Waals surface area contributed by atoms with Gasteiger partial charge in [0.1, 0.15) is 12.4 Å². The van der Waals surface area contributed by atoms with Crippen LogP contribution in [0.25, 0.3) is 11.4 Å². The lowest BCUT2D eigenvalue weighted by atomic mass is 10.1. The molecule has 0 saturated carbocycles. The first-order valence-corrected chi connectivity index (χ1v) is 7.91. The Kier molecular flexibility index (Phi) is 6.56. The van der Waals surface area contributed by atoms with Gasteiger partial charge in [-0.3, -0.25) is 19.4 Å². The van der Waals surface area contributed by atoms with Gasteiger partial charge in [0.15, 0.2) is 0 Å². The third-order valence-corrected chi connectivity index (χ3v) is 3.73. The third-order valence-electron chi connectivity index (χ3n) is 3.73. The number of amides is 1. The molecule has 9 nitrogen and oxygen atoms in total. The van der Waals surface area contributed by atoms with E-state index in [4.69, 9.17) is 9.84 Å². The minimum atomic E-state index is -1.13. The number of pyridine rings is 1. The molecule has 0 atom stereocenters. The zero-order valence-electron chi connectivity index (χ0n) is 14.6. The summed E-state index contributed by atoms with van der Waals surface area (Å²) in [6, 6.07) is 3.48. The molecule has 0 aliphatic rings. The predicted molar refractivity (Wildman–Crippen MR) is 92.6 cm³/mol. The summed E-state index contributed by atoms with van der Waals surface area (Å²) in [6.07, 6.45) is 2.94. The molecule has 2 N–H and O–H groups in total. The molecule has 0 aliphatic carbocycles. The first-order chi connectivity index (χ1) is 12.4. The Hall–Kier alpha value is -3.07. The molecule has 2 aromatic rings. The van der Waals surface area contributed by atoms with Crippen LogP contribution in [0.15, 0.2) is 29.3 Å². The highest BCUT2D eigenvalue weighted by atomic mass is 16.5. The van der Waals surface area contributed by atoms with Gasteiger partial charge in [-0.2, -0.15) is 0 Å². The van der Waals surface area contributed by atoms with E-state index >= 15 is 0 Å². The molecular weight excluding hydrogens is 340 g/mol. The third kappa shape index (κ3) is 4.96. The van der Waals surface area contributed by atoms with Gasteiger partial charge in [0.2, 0.25) is 5.91 Å². The Morgan fingerprint density at radius 2 is 2.15 bits per heavy atom. The Bertz CT molecular complexity index is 835. The topological polar surface area (TPSA) is 125 Å². The fraction of sp³-hybridized carbons (Fsp3) is 0.353. The van der Waals surface area contributed by atoms with E-state index in [1.165, 1.54) is 7.11 Å². The monoisotopic (exact) mass is 360 g/mol. The summed E-state index contributed by atoms with van der Waals surface area (Å²) < 4.78 is 4.89. The molecule has 0 bridgehead atoms. The number of carbonyl (C=O) groups is 2. The molecule has 9 heteroatoms. The molecular formula is C17H20N4O5. The summed E-state index contributed by atoms with van der Waals surface area (Å²) in [7, 11) is 1.46. The summed E-state index contributed by atoms with van der Waals surface area (Å²) in [5.41, 5.74) is 0.823. The number of nitrogens with zero attached hydrogens (tertiary/aromatic N) is 3. The number of aryl methyl sites for hydroxylation is 1. The summed E-state index contributed by atoms with van der Waals surface area (Å²) in [5.74, 6) is -1.25. The molecule has 0 saturated heterocycles. The van der Waals surface area contributed by atoms with E-state index in [9.17, 15) is 14.4 Å². The highest BCUT2D eigenvalue weighted by Crippen LogP contribution is 2.13. The van der Waals surface area contributed by atoms with Crippen LogP contribution >= 0.6 is 0 Å². The van der Waals surface area contributed by atoms with Crippen LogP contribution in [0, 0.1) is 6.92 Å². The first-order valence-electron chi connectivity index (χ1n) is 7.91. The molecule has 2 rings (SSSR count). The fourth-order valence-corrected chi connectivity index (χ4v) is 2.38. The average Bonchev–Trinajstić information content (AvgIpc) is 2.61. The van der Waals surface area contributed by atoms with Crippen molar-refractivity contribution in [1.82, 2.24) is 19.9 Å². The number of rotatable bonds is 8. The Morgan fingerprint density at radius 3 is 2.73 bits per heavy atom. The average molecular weight is 360 g/mol. The lowest BCUT2D eigenvalue weighted by molar-refractivity contribution is -0.144. The van der Waals surface area contributed by atoms with E-state index in [1.54, 1.807) is 31.5 Å². The van der Waals surface area contributed by atoms with Crippen molar-refractivity contribution in [2.24, 2.45) is 0 Å². The normalized spacial score (nSPS) is 10.5. The summed E-state index contributed by atoms with van der Waals surface area (Å²) in [6.45, 7) is 1.50. The van der Waals surface area contributed by atoms with Gasteiger partial charge < -0.3 is 19.7 Å². The van der Waals surface area contributed by atoms with E-state index < -0.39 is 24.0 Å². The second-order valence-corrected chi connectivity index (χ2v) is 5.60. The summed E-state index contributed by atoms with van der Waals surface area (Å²) in [5, 5.41) is 8.95. The number of aliphatic carboxylic acids is 1. The number of hydrogen-bond donors (Lipinski definition) is 2. The van der Waals surface area contributed by atoms with E-state index in [0.717, 1.165) is 4.90 Å². The molecule has 0 fully saturated rings. The van der Waals surface area contributed by atoms with Crippen LogP contribution < -0.4 is 5.56 Å². The molecule has 26 heavy (non-hydrogen) atoms. The Labute approximate surface area is 149 Å². The Balaban J connectivity index is 2.24. The zero-order valence-corrected chi connectivity index (χ0v) is 14.6. The maximum atomic E-state index is 12.4. The van der Waals surface area contributed by atoms with Crippen LogP contribution in [0.3, 0.4) is 0 Å². The number of carboxylic acids is 1. The molecule has 2 aromatic heterocycles. The van der Waals surface area contributed by atoms with Crippen molar-refractivity contribution in [2.75, 3.05) is 26.8 Å². The van der Waals surface area contributed by atoms with Crippen molar-refractivity contribution in [1.29, 1.82) is 0 Å². The first kappa shape index (κ1) is 19.3. The molecule has 0 unspecified atom stereocenters. The van der Waals surface area contributed by atoms with E-state index in [0.29, 0.717) is 17.1 Å². The van der Waals surface area contributed by atoms with Gasteiger partial charge in [0.05, 0.1) is 13.0 Å². The van der Waals surface area contributed by atoms with Crippen LogP contribution in [0.5, 0.6) is 0 Å². The quantitative estimate of drug-likeness (QED) is 0.691. The number of ether oxygens (including phenoxy) is 1. The number of H-pyrrole nitrogens is 1. The minimum Gasteiger partial charge on any atom is -0.480 e. The largest absolute Gasteiger partial charge is 0.480 e. The maximum Gasteiger partial charge on any atom is 0.323 e. The zero-order chi connectivity index (χ0) is 19.1. The van der Waals surface area contributed by atoms with Gasteiger partial charge in [-0.1, -0.05) is 0 Å². The molecule has 0 radical (unpaired) electrons. The van der Waals surface area contributed by atoms with Crippen molar-refractivity contribution >= 4 is 11.9 Å². The minimum absolute atomic E-state index is 0.125. The number of hydrogen-bond acceptors (Lipinski definition) is 6. The standard InChI is InChI=1S/C17H20N4O5/c1-11-13(8-14(22)21(6-7-26-2)10-15(23)24)17(25)20-16(19-11)12-4-3-5-18-9-12/h3-5,9H,6-8,10H2,1-2H3,(H,23,24)(H,19,20,25). The van der Waals surface area contributed by atoms with E-state index in [2.05, 4.69) is 15.0 Å². The summed E-state index contributed by atoms with van der Waals surface area (Å²) >= 11 is 0. The van der Waals surface area contributed by atoms with Crippen LogP contribution in [-0.2, 0) is 20.7 Å². The number of carbonyl (C=O) groups excluding carboxylic acids is 1. The molecule has 0 aromatic carbocycles. The SMILES string of the molecule is COCCN(CC(=O)O)C(=O)Cc1c(C)nc(-c2cccnc2)[nH]c1=O. The number of aromatic amines is 1. The summed E-state index contributed by atoms with van der Waals surface area (Å²) in [4.78, 5) is 47.9. The highest BCUT2D eigenvalue weighted by molar-refractivity contribution is 5.83. The van der Waals surface area contributed by atoms with Crippen molar-refractivity contribution in [3.05, 3.63) is 46.1 Å². The van der Waals surface area contributed by atoms with Gasteiger partial charge >= 0.3 is 5.97 Å². The van der Waals surface area contributed by atoms with Crippen molar-refractivity contribution in [3.8, 4) is 11.4 Å².